The van der Waals surface area contributed by atoms with Gasteiger partial charge in [0, 0.05) is 11.8 Å². The summed E-state index contributed by atoms with van der Waals surface area (Å²) >= 11 is 0. The second-order valence-electron chi connectivity index (χ2n) is 2.47. The number of rotatable bonds is 2. The first-order valence-electron chi connectivity index (χ1n) is 3.78. The maximum atomic E-state index is 11.2. The Morgan fingerprint density at radius 1 is 1.62 bits per heavy atom. The summed E-state index contributed by atoms with van der Waals surface area (Å²) in [6.45, 7) is 0. The zero-order valence-electron chi connectivity index (χ0n) is 7.50. The van der Waals surface area contributed by atoms with Gasteiger partial charge in [0.25, 0.3) is 0 Å². The zero-order valence-corrected chi connectivity index (χ0v) is 7.50. The standard InChI is InChI=1S/C8H10BNO3/c1-13-8(12)6-3-2-5(11)4-7(6)10-9/h2-4,10-11H,9H2,1H3. The number of ether oxygens (including phenoxy) is 1. The fourth-order valence-electron chi connectivity index (χ4n) is 1.03. The van der Waals surface area contributed by atoms with Crippen molar-refractivity contribution in [2.45, 2.75) is 0 Å². The molecule has 0 saturated carbocycles. The lowest BCUT2D eigenvalue weighted by Crippen LogP contribution is -2.05. The molecule has 2 N–H and O–H groups in total. The number of esters is 1. The topological polar surface area (TPSA) is 58.6 Å². The van der Waals surface area contributed by atoms with Crippen LogP contribution in [0.2, 0.25) is 0 Å². The van der Waals surface area contributed by atoms with Crippen LogP contribution in [0.25, 0.3) is 0 Å². The quantitative estimate of drug-likeness (QED) is 0.500. The van der Waals surface area contributed by atoms with Crippen molar-refractivity contribution in [1.82, 2.24) is 0 Å². The molecule has 0 aromatic heterocycles. The molecule has 68 valence electrons. The predicted molar refractivity (Wildman–Crippen MR) is 51.6 cm³/mol. The normalized spacial score (nSPS) is 9.31. The molecule has 1 rings (SSSR count). The number of hydrogen-bond donors (Lipinski definition) is 2. The highest BCUT2D eigenvalue weighted by Gasteiger charge is 2.10. The van der Waals surface area contributed by atoms with Gasteiger partial charge in [-0.2, -0.15) is 0 Å². The minimum absolute atomic E-state index is 0.108. The first-order chi connectivity index (χ1) is 6.19. The Morgan fingerprint density at radius 2 is 2.31 bits per heavy atom. The van der Waals surface area contributed by atoms with Crippen molar-refractivity contribution in [2.24, 2.45) is 0 Å². The van der Waals surface area contributed by atoms with Crippen molar-refractivity contribution in [1.29, 1.82) is 0 Å². The number of carbonyl (C=O) groups excluding carboxylic acids is 1. The predicted octanol–water partition coefficient (Wildman–Crippen LogP) is 0.139. The number of anilines is 1. The number of carbonyl (C=O) groups is 1. The highest BCUT2D eigenvalue weighted by atomic mass is 16.5. The number of aromatic hydroxyl groups is 1. The molecule has 0 aliphatic carbocycles. The molecule has 1 aromatic rings. The number of benzene rings is 1. The first-order valence-corrected chi connectivity index (χ1v) is 3.78. The molecule has 0 amide bonds. The number of hydrogen-bond acceptors (Lipinski definition) is 4. The van der Waals surface area contributed by atoms with Gasteiger partial charge in [-0.05, 0) is 12.1 Å². The van der Waals surface area contributed by atoms with Crippen molar-refractivity contribution >= 4 is 19.6 Å². The average molecular weight is 179 g/mol. The lowest BCUT2D eigenvalue weighted by Gasteiger charge is -2.07. The van der Waals surface area contributed by atoms with E-state index < -0.39 is 5.97 Å². The van der Waals surface area contributed by atoms with Crippen LogP contribution in [0.4, 0.5) is 5.69 Å². The van der Waals surface area contributed by atoms with Crippen LogP contribution < -0.4 is 5.23 Å². The smallest absolute Gasteiger partial charge is 0.339 e. The molecule has 0 saturated heterocycles. The molecule has 5 heteroatoms. The van der Waals surface area contributed by atoms with Gasteiger partial charge < -0.3 is 15.1 Å². The van der Waals surface area contributed by atoms with Crippen LogP contribution in [0, 0.1) is 0 Å². The van der Waals surface area contributed by atoms with Gasteiger partial charge in [0.1, 0.15) is 5.75 Å². The molecule has 0 atom stereocenters. The molecular formula is C8H10BNO3. The second kappa shape index (κ2) is 3.84. The Hall–Kier alpha value is -1.65. The van der Waals surface area contributed by atoms with E-state index in [0.717, 1.165) is 0 Å². The van der Waals surface area contributed by atoms with E-state index in [-0.39, 0.29) is 5.75 Å². The van der Waals surface area contributed by atoms with E-state index in [9.17, 15) is 4.79 Å². The summed E-state index contributed by atoms with van der Waals surface area (Å²) in [5, 5.41) is 11.9. The highest BCUT2D eigenvalue weighted by Crippen LogP contribution is 2.21. The number of phenolic OH excluding ortho intramolecular Hbond substituents is 1. The summed E-state index contributed by atoms with van der Waals surface area (Å²) in [7, 11) is 2.98. The molecular weight excluding hydrogens is 169 g/mol. The summed E-state index contributed by atoms with van der Waals surface area (Å²) in [4.78, 5) is 11.2. The summed E-state index contributed by atoms with van der Waals surface area (Å²) in [6, 6.07) is 4.41. The molecule has 0 bridgehead atoms. The summed E-state index contributed by atoms with van der Waals surface area (Å²) in [6.07, 6.45) is 0. The van der Waals surface area contributed by atoms with Crippen LogP contribution in [0.5, 0.6) is 5.75 Å². The van der Waals surface area contributed by atoms with Gasteiger partial charge in [-0.1, -0.05) is 0 Å². The Balaban J connectivity index is 3.13. The van der Waals surface area contributed by atoms with E-state index in [1.54, 1.807) is 7.98 Å². The molecule has 0 aliphatic rings. The van der Waals surface area contributed by atoms with Gasteiger partial charge in [-0.15, -0.1) is 0 Å². The van der Waals surface area contributed by atoms with Gasteiger partial charge in [0.15, 0.2) is 0 Å². The van der Waals surface area contributed by atoms with Crippen LogP contribution in [0.15, 0.2) is 18.2 Å². The molecule has 0 spiro atoms. The van der Waals surface area contributed by atoms with Gasteiger partial charge in [-0.3, -0.25) is 0 Å². The van der Waals surface area contributed by atoms with Gasteiger partial charge in [0.2, 0.25) is 7.98 Å². The molecule has 0 fully saturated rings. The molecule has 4 nitrogen and oxygen atoms in total. The molecule has 13 heavy (non-hydrogen) atoms. The largest absolute Gasteiger partial charge is 0.508 e. The second-order valence-corrected chi connectivity index (χ2v) is 2.47. The van der Waals surface area contributed by atoms with Gasteiger partial charge in [-0.25, -0.2) is 4.79 Å². The lowest BCUT2D eigenvalue weighted by atomic mass is 10.1. The van der Waals surface area contributed by atoms with Crippen LogP contribution in [-0.2, 0) is 4.74 Å². The third-order valence-corrected chi connectivity index (χ3v) is 1.68. The SMILES string of the molecule is BNc1cc(O)ccc1C(=O)OC. The zero-order chi connectivity index (χ0) is 9.84. The lowest BCUT2D eigenvalue weighted by molar-refractivity contribution is 0.0602. The summed E-state index contributed by atoms with van der Waals surface area (Å²) < 4.78 is 4.56. The van der Waals surface area contributed by atoms with Crippen molar-refractivity contribution in [3.63, 3.8) is 0 Å². The van der Waals surface area contributed by atoms with Crippen molar-refractivity contribution in [3.8, 4) is 5.75 Å². The number of nitrogens with one attached hydrogen (secondary N) is 1. The van der Waals surface area contributed by atoms with E-state index >= 15 is 0 Å². The fourth-order valence-corrected chi connectivity index (χ4v) is 1.03. The van der Waals surface area contributed by atoms with Gasteiger partial charge in [0.05, 0.1) is 12.7 Å². The maximum absolute atomic E-state index is 11.2. The van der Waals surface area contributed by atoms with E-state index in [1.807, 2.05) is 0 Å². The van der Waals surface area contributed by atoms with E-state index in [1.165, 1.54) is 25.3 Å². The van der Waals surface area contributed by atoms with Gasteiger partial charge >= 0.3 is 5.97 Å². The third kappa shape index (κ3) is 1.93. The van der Waals surface area contributed by atoms with Crippen LogP contribution in [0.3, 0.4) is 0 Å². The molecule has 0 radical (unpaired) electrons. The Kier molecular flexibility index (Phi) is 2.79. The maximum Gasteiger partial charge on any atom is 0.339 e. The average Bonchev–Trinajstić information content (AvgIpc) is 2.16. The highest BCUT2D eigenvalue weighted by molar-refractivity contribution is 6.17. The van der Waals surface area contributed by atoms with E-state index in [2.05, 4.69) is 9.96 Å². The third-order valence-electron chi connectivity index (χ3n) is 1.68. The van der Waals surface area contributed by atoms with Crippen molar-refractivity contribution in [2.75, 3.05) is 12.3 Å². The number of methoxy groups -OCH3 is 1. The molecule has 1 aromatic carbocycles. The minimum atomic E-state index is -0.427. The Labute approximate surface area is 77.0 Å². The van der Waals surface area contributed by atoms with E-state index in [0.29, 0.717) is 11.3 Å². The summed E-state index contributed by atoms with van der Waals surface area (Å²) in [5.41, 5.74) is 0.953. The Bertz CT molecular complexity index is 327. The first kappa shape index (κ1) is 9.44. The fraction of sp³-hybridized carbons (Fsp3) is 0.125. The summed E-state index contributed by atoms with van der Waals surface area (Å²) in [5.74, 6) is -0.318. The van der Waals surface area contributed by atoms with Crippen molar-refractivity contribution in [3.05, 3.63) is 23.8 Å². The number of phenols is 1. The Morgan fingerprint density at radius 3 is 2.85 bits per heavy atom. The van der Waals surface area contributed by atoms with Crippen LogP contribution >= 0.6 is 0 Å². The van der Waals surface area contributed by atoms with Crippen LogP contribution in [-0.4, -0.2) is 26.2 Å². The molecule has 0 unspecified atom stereocenters. The molecule has 0 aliphatic heterocycles. The van der Waals surface area contributed by atoms with Crippen LogP contribution in [0.1, 0.15) is 10.4 Å². The monoisotopic (exact) mass is 179 g/mol. The molecule has 0 heterocycles. The van der Waals surface area contributed by atoms with E-state index in [4.69, 9.17) is 5.11 Å². The minimum Gasteiger partial charge on any atom is -0.508 e. The van der Waals surface area contributed by atoms with Crippen molar-refractivity contribution < 1.29 is 14.6 Å².